The number of amides is 1. The Bertz CT molecular complexity index is 1080. The lowest BCUT2D eigenvalue weighted by atomic mass is 10.1. The molecule has 0 aliphatic carbocycles. The summed E-state index contributed by atoms with van der Waals surface area (Å²) in [5, 5.41) is 13.9. The Morgan fingerprint density at radius 2 is 2.04 bits per heavy atom. The largest absolute Gasteiger partial charge is 0.420 e. The van der Waals surface area contributed by atoms with Gasteiger partial charge in [0, 0.05) is 6.07 Å². The van der Waals surface area contributed by atoms with Crippen LogP contribution in [0, 0.1) is 24.0 Å². The molecule has 0 aliphatic rings. The van der Waals surface area contributed by atoms with Gasteiger partial charge in [0.2, 0.25) is 5.91 Å². The minimum Gasteiger partial charge on any atom is -0.407 e. The second-order valence-electron chi connectivity index (χ2n) is 5.85. The summed E-state index contributed by atoms with van der Waals surface area (Å²) in [4.78, 5) is 34.6. The Hall–Kier alpha value is -3.13. The monoisotopic (exact) mass is 375 g/mol. The van der Waals surface area contributed by atoms with Gasteiger partial charge in [-0.3, -0.25) is 19.5 Å². The summed E-state index contributed by atoms with van der Waals surface area (Å²) in [7, 11) is 0. The van der Waals surface area contributed by atoms with Gasteiger partial charge in [-0.25, -0.2) is 4.79 Å². The third kappa shape index (κ3) is 3.31. The van der Waals surface area contributed by atoms with E-state index in [1.165, 1.54) is 12.1 Å². The molecular weight excluding hydrogens is 362 g/mol. The first-order chi connectivity index (χ1) is 12.3. The zero-order chi connectivity index (χ0) is 19.0. The highest BCUT2D eigenvalue weighted by atomic mass is 35.5. The van der Waals surface area contributed by atoms with Crippen molar-refractivity contribution in [1.29, 1.82) is 0 Å². The number of aromatic nitrogens is 1. The number of fused-ring (bicyclic) bond motifs is 1. The molecule has 1 heterocycles. The van der Waals surface area contributed by atoms with E-state index in [0.29, 0.717) is 16.2 Å². The molecule has 0 saturated heterocycles. The smallest absolute Gasteiger partial charge is 0.407 e. The molecule has 1 N–H and O–H groups in total. The van der Waals surface area contributed by atoms with E-state index in [-0.39, 0.29) is 17.8 Å². The van der Waals surface area contributed by atoms with E-state index >= 15 is 0 Å². The van der Waals surface area contributed by atoms with Gasteiger partial charge in [0.25, 0.3) is 5.69 Å². The summed E-state index contributed by atoms with van der Waals surface area (Å²) in [6.07, 6.45) is 0. The summed E-state index contributed by atoms with van der Waals surface area (Å²) >= 11 is 6.17. The molecule has 8 nitrogen and oxygen atoms in total. The molecule has 2 aromatic carbocycles. The molecular formula is C17H14ClN3O5. The molecule has 0 fully saturated rings. The number of nitrogens with one attached hydrogen (secondary N) is 1. The van der Waals surface area contributed by atoms with Crippen molar-refractivity contribution in [3.63, 3.8) is 0 Å². The summed E-state index contributed by atoms with van der Waals surface area (Å²) in [6.45, 7) is 3.39. The third-order valence-corrected chi connectivity index (χ3v) is 4.16. The SMILES string of the molecule is Cc1cc(C)c(NC(=O)Cn2c(=O)oc3cc([N+](=O)[O-])ccc32)c(Cl)c1. The molecule has 0 aliphatic heterocycles. The van der Waals surface area contributed by atoms with Gasteiger partial charge < -0.3 is 9.73 Å². The number of nitro benzene ring substituents is 1. The van der Waals surface area contributed by atoms with Crippen molar-refractivity contribution in [1.82, 2.24) is 4.57 Å². The van der Waals surface area contributed by atoms with Gasteiger partial charge in [0.05, 0.1) is 27.2 Å². The maximum Gasteiger partial charge on any atom is 0.420 e. The molecule has 1 aromatic heterocycles. The third-order valence-electron chi connectivity index (χ3n) is 3.86. The summed E-state index contributed by atoms with van der Waals surface area (Å²) < 4.78 is 6.10. The Kier molecular flexibility index (Phi) is 4.52. The first-order valence-corrected chi connectivity index (χ1v) is 7.98. The number of aryl methyl sites for hydroxylation is 2. The van der Waals surface area contributed by atoms with E-state index in [2.05, 4.69) is 5.32 Å². The second kappa shape index (κ2) is 6.64. The number of carbonyl (C=O) groups is 1. The van der Waals surface area contributed by atoms with E-state index in [1.807, 2.05) is 19.9 Å². The maximum absolute atomic E-state index is 12.4. The fourth-order valence-corrected chi connectivity index (χ4v) is 3.08. The zero-order valence-corrected chi connectivity index (χ0v) is 14.7. The number of carbonyl (C=O) groups excluding carboxylic acids is 1. The Labute approximate surface area is 152 Å². The molecule has 134 valence electrons. The van der Waals surface area contributed by atoms with Crippen molar-refractivity contribution < 1.29 is 14.1 Å². The fourth-order valence-electron chi connectivity index (χ4n) is 2.71. The van der Waals surface area contributed by atoms with Crippen molar-refractivity contribution in [2.45, 2.75) is 20.4 Å². The first kappa shape index (κ1) is 17.7. The number of halogens is 1. The lowest BCUT2D eigenvalue weighted by Gasteiger charge is -2.11. The number of rotatable bonds is 4. The van der Waals surface area contributed by atoms with Gasteiger partial charge in [-0.05, 0) is 37.1 Å². The number of benzene rings is 2. The van der Waals surface area contributed by atoms with Crippen LogP contribution in [0.1, 0.15) is 11.1 Å². The van der Waals surface area contributed by atoms with Gasteiger partial charge >= 0.3 is 5.76 Å². The minimum atomic E-state index is -0.776. The van der Waals surface area contributed by atoms with Gasteiger partial charge in [0.15, 0.2) is 5.58 Å². The number of anilines is 1. The second-order valence-corrected chi connectivity index (χ2v) is 6.26. The molecule has 26 heavy (non-hydrogen) atoms. The van der Waals surface area contributed by atoms with Crippen LogP contribution in [0.2, 0.25) is 5.02 Å². The summed E-state index contributed by atoms with van der Waals surface area (Å²) in [6, 6.07) is 7.36. The topological polar surface area (TPSA) is 107 Å². The van der Waals surface area contributed by atoms with Crippen LogP contribution in [0.15, 0.2) is 39.5 Å². The number of oxazole rings is 1. The molecule has 0 unspecified atom stereocenters. The first-order valence-electron chi connectivity index (χ1n) is 7.60. The number of non-ortho nitro benzene ring substituents is 1. The molecule has 3 aromatic rings. The maximum atomic E-state index is 12.4. The minimum absolute atomic E-state index is 0.0431. The van der Waals surface area contributed by atoms with E-state index in [0.717, 1.165) is 21.8 Å². The summed E-state index contributed by atoms with van der Waals surface area (Å²) in [5.74, 6) is -1.25. The normalized spacial score (nSPS) is 10.9. The average molecular weight is 376 g/mol. The lowest BCUT2D eigenvalue weighted by molar-refractivity contribution is -0.384. The number of hydrogen-bond acceptors (Lipinski definition) is 5. The van der Waals surface area contributed by atoms with Crippen LogP contribution in [0.4, 0.5) is 11.4 Å². The molecule has 0 atom stereocenters. The predicted molar refractivity (Wildman–Crippen MR) is 96.7 cm³/mol. The van der Waals surface area contributed by atoms with E-state index in [1.54, 1.807) is 6.07 Å². The van der Waals surface area contributed by atoms with Crippen LogP contribution in [0.5, 0.6) is 0 Å². The molecule has 3 rings (SSSR count). The molecule has 0 radical (unpaired) electrons. The van der Waals surface area contributed by atoms with Crippen LogP contribution in [-0.4, -0.2) is 15.4 Å². The van der Waals surface area contributed by atoms with E-state index < -0.39 is 16.6 Å². The van der Waals surface area contributed by atoms with Crippen molar-refractivity contribution in [2.24, 2.45) is 0 Å². The highest BCUT2D eigenvalue weighted by Gasteiger charge is 2.17. The Balaban J connectivity index is 1.89. The quantitative estimate of drug-likeness (QED) is 0.555. The Morgan fingerprint density at radius 3 is 2.69 bits per heavy atom. The highest BCUT2D eigenvalue weighted by Crippen LogP contribution is 2.27. The van der Waals surface area contributed by atoms with Crippen LogP contribution < -0.4 is 11.1 Å². The predicted octanol–water partition coefficient (Wildman–Crippen LogP) is 3.41. The fraction of sp³-hybridized carbons (Fsp3) is 0.176. The number of nitrogens with zero attached hydrogens (tertiary/aromatic N) is 2. The van der Waals surface area contributed by atoms with Gasteiger partial charge in [-0.1, -0.05) is 17.7 Å². The van der Waals surface area contributed by atoms with Gasteiger partial charge in [-0.15, -0.1) is 0 Å². The van der Waals surface area contributed by atoms with Crippen LogP contribution in [-0.2, 0) is 11.3 Å². The van der Waals surface area contributed by atoms with E-state index in [9.17, 15) is 19.7 Å². The molecule has 0 saturated carbocycles. The van der Waals surface area contributed by atoms with Crippen molar-refractivity contribution in [3.05, 3.63) is 67.1 Å². The van der Waals surface area contributed by atoms with Crippen molar-refractivity contribution >= 4 is 40.0 Å². The van der Waals surface area contributed by atoms with Gasteiger partial charge in [0.1, 0.15) is 6.54 Å². The van der Waals surface area contributed by atoms with Crippen molar-refractivity contribution in [2.75, 3.05) is 5.32 Å². The number of nitro groups is 1. The van der Waals surface area contributed by atoms with Crippen LogP contribution in [0.3, 0.4) is 0 Å². The molecule has 0 bridgehead atoms. The van der Waals surface area contributed by atoms with Gasteiger partial charge in [-0.2, -0.15) is 0 Å². The zero-order valence-electron chi connectivity index (χ0n) is 13.9. The Morgan fingerprint density at radius 1 is 1.31 bits per heavy atom. The lowest BCUT2D eigenvalue weighted by Crippen LogP contribution is -2.25. The van der Waals surface area contributed by atoms with Crippen LogP contribution >= 0.6 is 11.6 Å². The molecule has 0 spiro atoms. The average Bonchev–Trinajstić information content (AvgIpc) is 2.85. The molecule has 9 heteroatoms. The summed E-state index contributed by atoms with van der Waals surface area (Å²) in [5.41, 5.74) is 2.36. The van der Waals surface area contributed by atoms with Crippen LogP contribution in [0.25, 0.3) is 11.1 Å². The number of hydrogen-bond donors (Lipinski definition) is 1. The molecule has 1 amide bonds. The highest BCUT2D eigenvalue weighted by molar-refractivity contribution is 6.34. The van der Waals surface area contributed by atoms with Crippen molar-refractivity contribution in [3.8, 4) is 0 Å². The van der Waals surface area contributed by atoms with E-state index in [4.69, 9.17) is 16.0 Å². The standard InChI is InChI=1S/C17H14ClN3O5/c1-9-5-10(2)16(12(18)6-9)19-15(22)8-20-13-4-3-11(21(24)25)7-14(13)26-17(20)23/h3-7H,8H2,1-2H3,(H,19,22).